The topological polar surface area (TPSA) is 55.4 Å². The van der Waals surface area contributed by atoms with E-state index in [-0.39, 0.29) is 18.1 Å². The van der Waals surface area contributed by atoms with Crippen LogP contribution in [0.5, 0.6) is 0 Å². The van der Waals surface area contributed by atoms with Crippen LogP contribution in [0.2, 0.25) is 5.02 Å². The van der Waals surface area contributed by atoms with Crippen LogP contribution in [0.25, 0.3) is 0 Å². The number of rotatable bonds is 6. The number of hydrogen-bond donors (Lipinski definition) is 1. The molecule has 98 valence electrons. The summed E-state index contributed by atoms with van der Waals surface area (Å²) in [5.41, 5.74) is 0.963. The number of amides is 1. The van der Waals surface area contributed by atoms with Gasteiger partial charge in [-0.2, -0.15) is 0 Å². The largest absolute Gasteiger partial charge is 0.381 e. The first-order valence-electron chi connectivity index (χ1n) is 5.72. The summed E-state index contributed by atoms with van der Waals surface area (Å²) in [7, 11) is 0. The maximum atomic E-state index is 11.6. The summed E-state index contributed by atoms with van der Waals surface area (Å²) in [6.07, 6.45) is 0.258. The molecular weight excluding hydrogens is 254 g/mol. The Hall–Kier alpha value is -1.39. The minimum atomic E-state index is -0.189. The third-order valence-corrected chi connectivity index (χ3v) is 2.65. The molecule has 1 N–H and O–H groups in total. The molecule has 0 aromatic heterocycles. The van der Waals surface area contributed by atoms with Gasteiger partial charge in [-0.15, -0.1) is 0 Å². The minimum Gasteiger partial charge on any atom is -0.381 e. The van der Waals surface area contributed by atoms with Gasteiger partial charge in [0.25, 0.3) is 0 Å². The van der Waals surface area contributed by atoms with Gasteiger partial charge in [0, 0.05) is 12.2 Å². The molecule has 0 aliphatic heterocycles. The van der Waals surface area contributed by atoms with Gasteiger partial charge in [0.2, 0.25) is 5.91 Å². The summed E-state index contributed by atoms with van der Waals surface area (Å²) in [4.78, 5) is 22.8. The van der Waals surface area contributed by atoms with Crippen molar-refractivity contribution in [2.45, 2.75) is 20.3 Å². The van der Waals surface area contributed by atoms with E-state index in [0.717, 1.165) is 0 Å². The van der Waals surface area contributed by atoms with E-state index in [1.165, 1.54) is 6.92 Å². The molecule has 0 saturated carbocycles. The highest BCUT2D eigenvalue weighted by atomic mass is 35.5. The number of ether oxygens (including phenoxy) is 1. The molecule has 0 radical (unpaired) electrons. The Bertz CT molecular complexity index is 446. The lowest BCUT2D eigenvalue weighted by molar-refractivity contribution is -0.117. The summed E-state index contributed by atoms with van der Waals surface area (Å²) in [6, 6.07) is 4.79. The SMILES string of the molecule is CCOCCC(=O)Nc1cc(C(C)=O)ccc1Cl. The molecule has 0 bridgehead atoms. The Morgan fingerprint density at radius 3 is 2.72 bits per heavy atom. The Morgan fingerprint density at radius 2 is 2.11 bits per heavy atom. The van der Waals surface area contributed by atoms with Crippen molar-refractivity contribution >= 4 is 29.0 Å². The molecule has 0 heterocycles. The highest BCUT2D eigenvalue weighted by Gasteiger charge is 2.08. The van der Waals surface area contributed by atoms with Gasteiger partial charge in [-0.05, 0) is 32.0 Å². The van der Waals surface area contributed by atoms with Crippen LogP contribution in [0.15, 0.2) is 18.2 Å². The van der Waals surface area contributed by atoms with Gasteiger partial charge in [0.05, 0.1) is 23.7 Å². The maximum Gasteiger partial charge on any atom is 0.226 e. The van der Waals surface area contributed by atoms with Crippen LogP contribution in [-0.2, 0) is 9.53 Å². The van der Waals surface area contributed by atoms with Crippen molar-refractivity contribution in [1.29, 1.82) is 0 Å². The fourth-order valence-corrected chi connectivity index (χ4v) is 1.53. The molecule has 1 amide bonds. The van der Waals surface area contributed by atoms with Crippen LogP contribution in [0.1, 0.15) is 30.6 Å². The van der Waals surface area contributed by atoms with E-state index in [9.17, 15) is 9.59 Å². The zero-order valence-corrected chi connectivity index (χ0v) is 11.2. The molecular formula is C13H16ClNO3. The lowest BCUT2D eigenvalue weighted by atomic mass is 10.1. The van der Waals surface area contributed by atoms with Gasteiger partial charge >= 0.3 is 0 Å². The van der Waals surface area contributed by atoms with E-state index in [2.05, 4.69) is 5.32 Å². The predicted molar refractivity (Wildman–Crippen MR) is 71.2 cm³/mol. The summed E-state index contributed by atoms with van der Waals surface area (Å²) in [6.45, 7) is 4.27. The monoisotopic (exact) mass is 269 g/mol. The van der Waals surface area contributed by atoms with Gasteiger partial charge < -0.3 is 10.1 Å². The number of carbonyl (C=O) groups excluding carboxylic acids is 2. The predicted octanol–water partition coefficient (Wildman–Crippen LogP) is 2.91. The van der Waals surface area contributed by atoms with E-state index in [4.69, 9.17) is 16.3 Å². The van der Waals surface area contributed by atoms with E-state index in [1.807, 2.05) is 6.92 Å². The van der Waals surface area contributed by atoms with Crippen molar-refractivity contribution in [3.05, 3.63) is 28.8 Å². The summed E-state index contributed by atoms with van der Waals surface area (Å²) in [5.74, 6) is -0.262. The second-order valence-electron chi connectivity index (χ2n) is 3.75. The van der Waals surface area contributed by atoms with E-state index in [1.54, 1.807) is 18.2 Å². The second kappa shape index (κ2) is 7.13. The van der Waals surface area contributed by atoms with Gasteiger partial charge in [-0.1, -0.05) is 11.6 Å². The summed E-state index contributed by atoms with van der Waals surface area (Å²) >= 11 is 5.95. The average molecular weight is 270 g/mol. The second-order valence-corrected chi connectivity index (χ2v) is 4.15. The van der Waals surface area contributed by atoms with E-state index < -0.39 is 0 Å². The molecule has 1 rings (SSSR count). The first-order chi connectivity index (χ1) is 8.54. The van der Waals surface area contributed by atoms with Crippen LogP contribution in [0.3, 0.4) is 0 Å². The zero-order chi connectivity index (χ0) is 13.5. The van der Waals surface area contributed by atoms with Gasteiger partial charge in [-0.3, -0.25) is 9.59 Å². The molecule has 5 heteroatoms. The Kier molecular flexibility index (Phi) is 5.82. The highest BCUT2D eigenvalue weighted by molar-refractivity contribution is 6.33. The molecule has 4 nitrogen and oxygen atoms in total. The first kappa shape index (κ1) is 14.7. The molecule has 0 fully saturated rings. The number of hydrogen-bond acceptors (Lipinski definition) is 3. The standard InChI is InChI=1S/C13H16ClNO3/c1-3-18-7-6-13(17)15-12-8-10(9(2)16)4-5-11(12)14/h4-5,8H,3,6-7H2,1-2H3,(H,15,17). The van der Waals surface area contributed by atoms with Gasteiger partial charge in [0.15, 0.2) is 5.78 Å². The maximum absolute atomic E-state index is 11.6. The number of halogens is 1. The Labute approximate surface area is 111 Å². The average Bonchev–Trinajstić information content (AvgIpc) is 2.32. The lowest BCUT2D eigenvalue weighted by Crippen LogP contribution is -2.14. The number of anilines is 1. The Morgan fingerprint density at radius 1 is 1.39 bits per heavy atom. The molecule has 1 aromatic rings. The Balaban J connectivity index is 2.68. The lowest BCUT2D eigenvalue weighted by Gasteiger charge is -2.08. The van der Waals surface area contributed by atoms with Crippen molar-refractivity contribution in [2.75, 3.05) is 18.5 Å². The van der Waals surface area contributed by atoms with Crippen LogP contribution in [0.4, 0.5) is 5.69 Å². The van der Waals surface area contributed by atoms with Gasteiger partial charge in [-0.25, -0.2) is 0 Å². The number of carbonyl (C=O) groups is 2. The fourth-order valence-electron chi connectivity index (χ4n) is 1.36. The number of benzene rings is 1. The smallest absolute Gasteiger partial charge is 0.226 e. The van der Waals surface area contributed by atoms with Crippen molar-refractivity contribution in [3.63, 3.8) is 0 Å². The quantitative estimate of drug-likeness (QED) is 0.638. The number of Topliss-reactive ketones (excluding diaryl/α,β-unsaturated/α-hetero) is 1. The summed E-state index contributed by atoms with van der Waals surface area (Å²) in [5, 5.41) is 3.07. The molecule has 0 aliphatic rings. The van der Waals surface area contributed by atoms with E-state index >= 15 is 0 Å². The van der Waals surface area contributed by atoms with Crippen molar-refractivity contribution in [2.24, 2.45) is 0 Å². The van der Waals surface area contributed by atoms with Crippen LogP contribution in [-0.4, -0.2) is 24.9 Å². The fraction of sp³-hybridized carbons (Fsp3) is 0.385. The molecule has 0 spiro atoms. The first-order valence-corrected chi connectivity index (χ1v) is 6.10. The number of nitrogens with one attached hydrogen (secondary N) is 1. The van der Waals surface area contributed by atoms with Crippen LogP contribution >= 0.6 is 11.6 Å². The third-order valence-electron chi connectivity index (χ3n) is 2.32. The molecule has 0 saturated heterocycles. The van der Waals surface area contributed by atoms with E-state index in [0.29, 0.717) is 29.5 Å². The molecule has 0 unspecified atom stereocenters. The molecule has 18 heavy (non-hydrogen) atoms. The zero-order valence-electron chi connectivity index (χ0n) is 10.5. The van der Waals surface area contributed by atoms with Crippen LogP contribution in [0, 0.1) is 0 Å². The van der Waals surface area contributed by atoms with Crippen molar-refractivity contribution in [3.8, 4) is 0 Å². The molecule has 0 aliphatic carbocycles. The minimum absolute atomic E-state index is 0.0727. The van der Waals surface area contributed by atoms with Crippen LogP contribution < -0.4 is 5.32 Å². The highest BCUT2D eigenvalue weighted by Crippen LogP contribution is 2.23. The number of ketones is 1. The summed E-state index contributed by atoms with van der Waals surface area (Å²) < 4.78 is 5.09. The third kappa shape index (κ3) is 4.47. The van der Waals surface area contributed by atoms with Crippen molar-refractivity contribution in [1.82, 2.24) is 0 Å². The normalized spacial score (nSPS) is 10.2. The van der Waals surface area contributed by atoms with Gasteiger partial charge in [0.1, 0.15) is 0 Å². The molecule has 0 atom stereocenters. The molecule has 1 aromatic carbocycles. The van der Waals surface area contributed by atoms with Crippen molar-refractivity contribution < 1.29 is 14.3 Å².